The fourth-order valence-corrected chi connectivity index (χ4v) is 3.11. The van der Waals surface area contributed by atoms with Crippen molar-refractivity contribution in [3.8, 4) is 11.8 Å². The molecule has 1 aliphatic rings. The number of esters is 2. The van der Waals surface area contributed by atoms with Crippen molar-refractivity contribution in [2.24, 2.45) is 0 Å². The Kier molecular flexibility index (Phi) is 8.21. The maximum atomic E-state index is 12.4. The van der Waals surface area contributed by atoms with E-state index in [1.54, 1.807) is 36.4 Å². The highest BCUT2D eigenvalue weighted by atomic mass is 16.6. The van der Waals surface area contributed by atoms with Crippen LogP contribution in [0.4, 0.5) is 0 Å². The summed E-state index contributed by atoms with van der Waals surface area (Å²) in [6.07, 6.45) is 8.90. The van der Waals surface area contributed by atoms with Gasteiger partial charge in [-0.15, -0.1) is 0 Å². The minimum absolute atomic E-state index is 0.00110. The number of allylic oxidation sites excluding steroid dienone is 6. The van der Waals surface area contributed by atoms with E-state index in [2.05, 4.69) is 18.4 Å². The number of ether oxygens (including phenoxy) is 2. The molecule has 3 rings (SSSR count). The van der Waals surface area contributed by atoms with E-state index < -0.39 is 18.0 Å². The number of carbonyl (C=O) groups excluding carboxylic acids is 2. The zero-order chi connectivity index (χ0) is 23.6. The first kappa shape index (κ1) is 23.6. The van der Waals surface area contributed by atoms with Crippen molar-refractivity contribution in [1.82, 2.24) is 0 Å². The summed E-state index contributed by atoms with van der Waals surface area (Å²) in [5.41, 5.74) is 4.67. The largest absolute Gasteiger partial charge is 0.458 e. The first-order valence-corrected chi connectivity index (χ1v) is 10.7. The third-order valence-corrected chi connectivity index (χ3v) is 4.96. The van der Waals surface area contributed by atoms with Crippen LogP contribution in [0.15, 0.2) is 96.6 Å². The topological polar surface area (TPSA) is 52.6 Å². The van der Waals surface area contributed by atoms with Gasteiger partial charge < -0.3 is 9.47 Å². The van der Waals surface area contributed by atoms with Gasteiger partial charge >= 0.3 is 11.9 Å². The number of aryl methyl sites for hydroxylation is 1. The van der Waals surface area contributed by atoms with Gasteiger partial charge in [-0.25, -0.2) is 9.59 Å². The summed E-state index contributed by atoms with van der Waals surface area (Å²) < 4.78 is 10.7. The average molecular weight is 439 g/mol. The Hall–Kier alpha value is -4.10. The Balaban J connectivity index is 1.55. The van der Waals surface area contributed by atoms with Gasteiger partial charge in [0.05, 0.1) is 5.56 Å². The molecule has 1 atom stereocenters. The summed E-state index contributed by atoms with van der Waals surface area (Å²) in [5.74, 6) is 5.31. The Labute approximate surface area is 194 Å². The van der Waals surface area contributed by atoms with Crippen molar-refractivity contribution in [3.63, 3.8) is 0 Å². The predicted octanol–water partition coefficient (Wildman–Crippen LogP) is 5.48. The molecule has 0 bridgehead atoms. The lowest BCUT2D eigenvalue weighted by Crippen LogP contribution is -2.18. The Morgan fingerprint density at radius 2 is 1.76 bits per heavy atom. The summed E-state index contributed by atoms with van der Waals surface area (Å²) in [7, 11) is 0. The van der Waals surface area contributed by atoms with Crippen LogP contribution in [0.1, 0.15) is 40.4 Å². The predicted molar refractivity (Wildman–Crippen MR) is 130 cm³/mol. The normalized spacial score (nSPS) is 16.9. The van der Waals surface area contributed by atoms with Crippen molar-refractivity contribution < 1.29 is 19.1 Å². The lowest BCUT2D eigenvalue weighted by atomic mass is 10.1. The molecule has 0 amide bonds. The van der Waals surface area contributed by atoms with E-state index >= 15 is 0 Å². The third-order valence-electron chi connectivity index (χ3n) is 4.96. The number of hydrogen-bond acceptors (Lipinski definition) is 4. The Bertz CT molecular complexity index is 1170. The van der Waals surface area contributed by atoms with E-state index in [-0.39, 0.29) is 6.61 Å². The molecule has 0 spiro atoms. The molecular weight excluding hydrogens is 412 g/mol. The van der Waals surface area contributed by atoms with Crippen LogP contribution in [0.3, 0.4) is 0 Å². The van der Waals surface area contributed by atoms with Gasteiger partial charge in [-0.2, -0.15) is 0 Å². The maximum Gasteiger partial charge on any atom is 0.338 e. The van der Waals surface area contributed by atoms with Crippen molar-refractivity contribution >= 4 is 11.9 Å². The molecule has 0 aromatic heterocycles. The molecule has 0 aliphatic carbocycles. The highest BCUT2D eigenvalue weighted by Gasteiger charge is 2.30. The van der Waals surface area contributed by atoms with Crippen molar-refractivity contribution in [3.05, 3.63) is 119 Å². The fraction of sp³-hybridized carbons (Fsp3) is 0.172. The summed E-state index contributed by atoms with van der Waals surface area (Å²) in [6, 6.07) is 14.9. The molecule has 2 aromatic rings. The molecule has 1 unspecified atom stereocenters. The minimum Gasteiger partial charge on any atom is -0.458 e. The minimum atomic E-state index is -0.500. The van der Waals surface area contributed by atoms with Crippen LogP contribution in [-0.2, 0) is 14.3 Å². The van der Waals surface area contributed by atoms with Gasteiger partial charge in [-0.05, 0) is 61.9 Å². The Morgan fingerprint density at radius 1 is 1.12 bits per heavy atom. The first-order chi connectivity index (χ1) is 16.0. The number of cyclic esters (lactones) is 1. The highest BCUT2D eigenvalue weighted by Crippen LogP contribution is 2.23. The Morgan fingerprint density at radius 3 is 2.36 bits per heavy atom. The number of rotatable bonds is 6. The molecule has 33 heavy (non-hydrogen) atoms. The molecule has 1 saturated heterocycles. The van der Waals surface area contributed by atoms with Gasteiger partial charge in [-0.1, -0.05) is 60.4 Å². The first-order valence-electron chi connectivity index (χ1n) is 10.7. The maximum absolute atomic E-state index is 12.4. The van der Waals surface area contributed by atoms with Gasteiger partial charge in [-0.3, -0.25) is 0 Å². The number of benzene rings is 2. The molecule has 1 heterocycles. The van der Waals surface area contributed by atoms with Gasteiger partial charge in [0.15, 0.2) is 0 Å². The van der Waals surface area contributed by atoms with Crippen LogP contribution in [0.5, 0.6) is 0 Å². The van der Waals surface area contributed by atoms with Crippen LogP contribution >= 0.6 is 0 Å². The van der Waals surface area contributed by atoms with Crippen LogP contribution in [0.25, 0.3) is 0 Å². The van der Waals surface area contributed by atoms with E-state index in [1.807, 2.05) is 56.3 Å². The standard InChI is InChI=1S/C29H26O4/c1-4-6-7-22(5-2)18-26-19-27(33-29(26)31)20-32-28(30)25-16-14-24(15-17-25)13-12-23-10-8-21(3)9-11-23/h4-11,14-18,27H,2,19-20H2,1,3H3/b6-4-,22-7+,26-18+. The van der Waals surface area contributed by atoms with E-state index in [0.717, 1.165) is 16.7 Å². The van der Waals surface area contributed by atoms with E-state index in [9.17, 15) is 9.59 Å². The zero-order valence-corrected chi connectivity index (χ0v) is 18.8. The molecule has 4 nitrogen and oxygen atoms in total. The quantitative estimate of drug-likeness (QED) is 0.259. The molecule has 4 heteroatoms. The van der Waals surface area contributed by atoms with Crippen molar-refractivity contribution in [2.45, 2.75) is 26.4 Å². The van der Waals surface area contributed by atoms with Gasteiger partial charge in [0.2, 0.25) is 0 Å². The van der Waals surface area contributed by atoms with E-state index in [1.165, 1.54) is 5.56 Å². The van der Waals surface area contributed by atoms with E-state index in [0.29, 0.717) is 17.6 Å². The molecule has 1 aliphatic heterocycles. The monoisotopic (exact) mass is 438 g/mol. The molecule has 1 fully saturated rings. The van der Waals surface area contributed by atoms with Crippen LogP contribution in [0, 0.1) is 18.8 Å². The molecule has 2 aromatic carbocycles. The lowest BCUT2D eigenvalue weighted by Gasteiger charge is -2.09. The molecule has 166 valence electrons. The lowest BCUT2D eigenvalue weighted by molar-refractivity contribution is -0.140. The second kappa shape index (κ2) is 11.5. The summed E-state index contributed by atoms with van der Waals surface area (Å²) in [6.45, 7) is 7.69. The molecular formula is C29H26O4. The summed E-state index contributed by atoms with van der Waals surface area (Å²) in [5, 5.41) is 0. The average Bonchev–Trinajstić information content (AvgIpc) is 3.19. The second-order valence-corrected chi connectivity index (χ2v) is 7.59. The van der Waals surface area contributed by atoms with Gasteiger partial charge in [0.25, 0.3) is 0 Å². The van der Waals surface area contributed by atoms with Crippen molar-refractivity contribution in [2.75, 3.05) is 6.61 Å². The van der Waals surface area contributed by atoms with Crippen LogP contribution in [0.2, 0.25) is 0 Å². The van der Waals surface area contributed by atoms with Crippen LogP contribution < -0.4 is 0 Å². The van der Waals surface area contributed by atoms with Gasteiger partial charge in [0, 0.05) is 23.1 Å². The summed E-state index contributed by atoms with van der Waals surface area (Å²) >= 11 is 0. The highest BCUT2D eigenvalue weighted by molar-refractivity contribution is 5.92. The van der Waals surface area contributed by atoms with Gasteiger partial charge in [0.1, 0.15) is 12.7 Å². The second-order valence-electron chi connectivity index (χ2n) is 7.59. The SMILES string of the molecule is C=CC(=C\C=C/C)/C=C1\CC(COC(=O)c2ccc(C#Cc3ccc(C)cc3)cc2)OC1=O. The van der Waals surface area contributed by atoms with E-state index in [4.69, 9.17) is 9.47 Å². The molecule has 0 N–H and O–H groups in total. The fourth-order valence-electron chi connectivity index (χ4n) is 3.11. The summed E-state index contributed by atoms with van der Waals surface area (Å²) in [4.78, 5) is 24.5. The number of carbonyl (C=O) groups is 2. The molecule has 0 saturated carbocycles. The third kappa shape index (κ3) is 6.95. The molecule has 0 radical (unpaired) electrons. The smallest absolute Gasteiger partial charge is 0.338 e. The van der Waals surface area contributed by atoms with Crippen molar-refractivity contribution in [1.29, 1.82) is 0 Å². The number of hydrogen-bond donors (Lipinski definition) is 0. The zero-order valence-electron chi connectivity index (χ0n) is 18.8. The van der Waals surface area contributed by atoms with Crippen LogP contribution in [-0.4, -0.2) is 24.6 Å².